The number of nitrogens with one attached hydrogen (secondary N) is 2. The molecule has 20 heavy (non-hydrogen) atoms. The van der Waals surface area contributed by atoms with Crippen molar-refractivity contribution in [3.8, 4) is 6.01 Å². The summed E-state index contributed by atoms with van der Waals surface area (Å²) in [6.45, 7) is 4.86. The maximum Gasteiger partial charge on any atom is 0.323 e. The van der Waals surface area contributed by atoms with E-state index in [0.29, 0.717) is 30.6 Å². The highest BCUT2D eigenvalue weighted by molar-refractivity contribution is 5.36. The minimum atomic E-state index is 0.377. The van der Waals surface area contributed by atoms with Gasteiger partial charge in [-0.15, -0.1) is 0 Å². The molecule has 0 amide bonds. The monoisotopic (exact) mass is 280 g/mol. The molecular weight excluding hydrogens is 256 g/mol. The number of rotatable bonds is 6. The van der Waals surface area contributed by atoms with E-state index in [1.54, 1.807) is 7.05 Å². The first-order valence-electron chi connectivity index (χ1n) is 7.23. The quantitative estimate of drug-likeness (QED) is 0.811. The van der Waals surface area contributed by atoms with E-state index < -0.39 is 0 Å². The van der Waals surface area contributed by atoms with Gasteiger partial charge < -0.3 is 20.3 Å². The SMILES string of the molecule is CCCOc1nc(NC)nc(NC2CCN(C)CC2)n1. The van der Waals surface area contributed by atoms with Gasteiger partial charge in [0.15, 0.2) is 0 Å². The van der Waals surface area contributed by atoms with Crippen LogP contribution in [0.15, 0.2) is 0 Å². The molecule has 7 heteroatoms. The number of hydrogen-bond donors (Lipinski definition) is 2. The molecule has 1 aliphatic rings. The van der Waals surface area contributed by atoms with Crippen molar-refractivity contribution in [3.63, 3.8) is 0 Å². The number of piperidine rings is 1. The lowest BCUT2D eigenvalue weighted by molar-refractivity contribution is 0.263. The molecule has 112 valence electrons. The van der Waals surface area contributed by atoms with Crippen LogP contribution in [0.25, 0.3) is 0 Å². The van der Waals surface area contributed by atoms with E-state index in [1.165, 1.54) is 0 Å². The fourth-order valence-corrected chi connectivity index (χ4v) is 2.13. The number of anilines is 2. The molecular formula is C13H24N6O. The highest BCUT2D eigenvalue weighted by Crippen LogP contribution is 2.16. The predicted octanol–water partition coefficient (Wildman–Crippen LogP) is 1.21. The van der Waals surface area contributed by atoms with Gasteiger partial charge in [-0.05, 0) is 39.4 Å². The number of ether oxygens (including phenoxy) is 1. The predicted molar refractivity (Wildman–Crippen MR) is 79.3 cm³/mol. The van der Waals surface area contributed by atoms with Crippen LogP contribution >= 0.6 is 0 Å². The molecule has 0 bridgehead atoms. The van der Waals surface area contributed by atoms with Crippen LogP contribution in [-0.4, -0.2) is 59.7 Å². The molecule has 2 N–H and O–H groups in total. The molecule has 0 atom stereocenters. The van der Waals surface area contributed by atoms with Crippen LogP contribution in [-0.2, 0) is 0 Å². The molecule has 0 aliphatic carbocycles. The molecule has 0 unspecified atom stereocenters. The van der Waals surface area contributed by atoms with Gasteiger partial charge in [0.05, 0.1) is 6.61 Å². The molecule has 1 fully saturated rings. The second kappa shape index (κ2) is 7.23. The van der Waals surface area contributed by atoms with E-state index in [2.05, 4.69) is 44.5 Å². The van der Waals surface area contributed by atoms with Crippen molar-refractivity contribution in [2.75, 3.05) is 44.4 Å². The van der Waals surface area contributed by atoms with Crippen LogP contribution in [0.5, 0.6) is 6.01 Å². The van der Waals surface area contributed by atoms with Gasteiger partial charge in [0.1, 0.15) is 0 Å². The van der Waals surface area contributed by atoms with Crippen LogP contribution in [0.4, 0.5) is 11.9 Å². The Kier molecular flexibility index (Phi) is 5.34. The lowest BCUT2D eigenvalue weighted by Gasteiger charge is -2.29. The first-order valence-corrected chi connectivity index (χ1v) is 7.23. The molecule has 7 nitrogen and oxygen atoms in total. The van der Waals surface area contributed by atoms with Crippen LogP contribution in [0.1, 0.15) is 26.2 Å². The zero-order valence-electron chi connectivity index (χ0n) is 12.5. The van der Waals surface area contributed by atoms with Crippen molar-refractivity contribution in [1.82, 2.24) is 19.9 Å². The van der Waals surface area contributed by atoms with Crippen LogP contribution in [0, 0.1) is 0 Å². The van der Waals surface area contributed by atoms with Gasteiger partial charge in [0, 0.05) is 13.1 Å². The Balaban J connectivity index is 2.02. The summed E-state index contributed by atoms with van der Waals surface area (Å²) in [4.78, 5) is 15.2. The summed E-state index contributed by atoms with van der Waals surface area (Å²) in [6.07, 6.45) is 3.13. The zero-order valence-corrected chi connectivity index (χ0v) is 12.5. The average molecular weight is 280 g/mol. The van der Waals surface area contributed by atoms with Crippen LogP contribution in [0.2, 0.25) is 0 Å². The highest BCUT2D eigenvalue weighted by atomic mass is 16.5. The summed E-state index contributed by atoms with van der Waals surface area (Å²) in [6, 6.07) is 0.791. The summed E-state index contributed by atoms with van der Waals surface area (Å²) in [7, 11) is 3.94. The maximum absolute atomic E-state index is 5.49. The van der Waals surface area contributed by atoms with Crippen molar-refractivity contribution in [2.45, 2.75) is 32.2 Å². The summed E-state index contributed by atoms with van der Waals surface area (Å²) in [5.41, 5.74) is 0. The van der Waals surface area contributed by atoms with Gasteiger partial charge in [-0.2, -0.15) is 15.0 Å². The number of aromatic nitrogens is 3. The molecule has 1 aromatic rings. The standard InChI is InChI=1S/C13H24N6O/c1-4-9-20-13-17-11(14-2)16-12(18-13)15-10-5-7-19(3)8-6-10/h10H,4-9H2,1-3H3,(H2,14,15,16,17,18). The summed E-state index contributed by atoms with van der Waals surface area (Å²) < 4.78 is 5.49. The lowest BCUT2D eigenvalue weighted by Crippen LogP contribution is -2.37. The van der Waals surface area contributed by atoms with Crippen molar-refractivity contribution < 1.29 is 4.74 Å². The van der Waals surface area contributed by atoms with E-state index in [4.69, 9.17) is 4.74 Å². The van der Waals surface area contributed by atoms with E-state index in [0.717, 1.165) is 32.4 Å². The van der Waals surface area contributed by atoms with E-state index in [9.17, 15) is 0 Å². The average Bonchev–Trinajstić information content (AvgIpc) is 2.47. The van der Waals surface area contributed by atoms with Gasteiger partial charge in [0.2, 0.25) is 11.9 Å². The smallest absolute Gasteiger partial charge is 0.323 e. The highest BCUT2D eigenvalue weighted by Gasteiger charge is 2.18. The number of hydrogen-bond acceptors (Lipinski definition) is 7. The minimum Gasteiger partial charge on any atom is -0.463 e. The topological polar surface area (TPSA) is 75.2 Å². The Labute approximate surface area is 120 Å². The summed E-state index contributed by atoms with van der Waals surface area (Å²) in [5.74, 6) is 1.12. The van der Waals surface area contributed by atoms with E-state index in [1.807, 2.05) is 0 Å². The third-order valence-corrected chi connectivity index (χ3v) is 3.33. The molecule has 1 aromatic heterocycles. The lowest BCUT2D eigenvalue weighted by atomic mass is 10.1. The molecule has 2 rings (SSSR count). The van der Waals surface area contributed by atoms with Gasteiger partial charge in [-0.1, -0.05) is 6.92 Å². The van der Waals surface area contributed by atoms with Gasteiger partial charge in [-0.3, -0.25) is 0 Å². The van der Waals surface area contributed by atoms with Crippen molar-refractivity contribution >= 4 is 11.9 Å². The Morgan fingerprint density at radius 2 is 1.90 bits per heavy atom. The molecule has 2 heterocycles. The Morgan fingerprint density at radius 1 is 1.20 bits per heavy atom. The van der Waals surface area contributed by atoms with Crippen molar-refractivity contribution in [1.29, 1.82) is 0 Å². The molecule has 1 aliphatic heterocycles. The third kappa shape index (κ3) is 4.19. The van der Waals surface area contributed by atoms with Gasteiger partial charge in [0.25, 0.3) is 0 Å². The largest absolute Gasteiger partial charge is 0.463 e. The van der Waals surface area contributed by atoms with Crippen molar-refractivity contribution in [3.05, 3.63) is 0 Å². The fourth-order valence-electron chi connectivity index (χ4n) is 2.13. The number of likely N-dealkylation sites (tertiary alicyclic amines) is 1. The van der Waals surface area contributed by atoms with E-state index >= 15 is 0 Å². The minimum absolute atomic E-state index is 0.377. The van der Waals surface area contributed by atoms with E-state index in [-0.39, 0.29) is 0 Å². The molecule has 1 saturated heterocycles. The molecule has 0 spiro atoms. The van der Waals surface area contributed by atoms with Crippen LogP contribution in [0.3, 0.4) is 0 Å². The first-order chi connectivity index (χ1) is 9.71. The molecule has 0 radical (unpaired) electrons. The van der Waals surface area contributed by atoms with Gasteiger partial charge >= 0.3 is 6.01 Å². The van der Waals surface area contributed by atoms with Crippen LogP contribution < -0.4 is 15.4 Å². The summed E-state index contributed by atoms with van der Waals surface area (Å²) >= 11 is 0. The molecule has 0 saturated carbocycles. The third-order valence-electron chi connectivity index (χ3n) is 3.33. The Morgan fingerprint density at radius 3 is 2.55 bits per heavy atom. The fraction of sp³-hybridized carbons (Fsp3) is 0.769. The Bertz CT molecular complexity index is 419. The van der Waals surface area contributed by atoms with Gasteiger partial charge in [-0.25, -0.2) is 0 Å². The second-order valence-corrected chi connectivity index (χ2v) is 5.09. The number of nitrogens with zero attached hydrogens (tertiary/aromatic N) is 4. The maximum atomic E-state index is 5.49. The van der Waals surface area contributed by atoms with Crippen molar-refractivity contribution in [2.24, 2.45) is 0 Å². The second-order valence-electron chi connectivity index (χ2n) is 5.09. The first kappa shape index (κ1) is 14.8. The summed E-state index contributed by atoms with van der Waals surface area (Å²) in [5, 5.41) is 6.32. The zero-order chi connectivity index (χ0) is 14.4. The Hall–Kier alpha value is -1.63. The normalized spacial score (nSPS) is 16.9. The molecule has 0 aromatic carbocycles.